The average Bonchev–Trinajstić information content (AvgIpc) is 2.53. The quantitative estimate of drug-likeness (QED) is 0.686. The van der Waals surface area contributed by atoms with Gasteiger partial charge in [-0.1, -0.05) is 43.0 Å². The van der Waals surface area contributed by atoms with Gasteiger partial charge in [0.2, 0.25) is 0 Å². The molecule has 0 bridgehead atoms. The maximum absolute atomic E-state index is 12.7. The second-order valence-corrected chi connectivity index (χ2v) is 6.29. The molecule has 22 heavy (non-hydrogen) atoms. The average molecular weight is 304 g/mol. The predicted octanol–water partition coefficient (Wildman–Crippen LogP) is 2.97. The molecule has 1 aliphatic rings. The minimum atomic E-state index is -1.35. The lowest BCUT2D eigenvalue weighted by atomic mass is 9.68. The molecule has 0 aromatic heterocycles. The van der Waals surface area contributed by atoms with Crippen molar-refractivity contribution in [3.63, 3.8) is 0 Å². The van der Waals surface area contributed by atoms with Gasteiger partial charge in [-0.2, -0.15) is 0 Å². The van der Waals surface area contributed by atoms with Gasteiger partial charge >= 0.3 is 5.97 Å². The molecule has 120 valence electrons. The molecule has 0 radical (unpaired) electrons. The SMILES string of the molecule is COC(=O)C1([C@@H](O)C(=O)c2ccc(C)cc2C)CCCCC1. The van der Waals surface area contributed by atoms with E-state index in [2.05, 4.69) is 0 Å². The van der Waals surface area contributed by atoms with Crippen molar-refractivity contribution in [1.82, 2.24) is 0 Å². The number of ether oxygens (including phenoxy) is 1. The summed E-state index contributed by atoms with van der Waals surface area (Å²) in [5.74, 6) is -0.859. The van der Waals surface area contributed by atoms with Crippen LogP contribution in [0.25, 0.3) is 0 Å². The van der Waals surface area contributed by atoms with Crippen molar-refractivity contribution in [1.29, 1.82) is 0 Å². The Kier molecular flexibility index (Phi) is 5.01. The molecule has 4 nitrogen and oxygen atoms in total. The minimum absolute atomic E-state index is 0.384. The minimum Gasteiger partial charge on any atom is -0.469 e. The molecule has 1 saturated carbocycles. The number of esters is 1. The summed E-state index contributed by atoms with van der Waals surface area (Å²) >= 11 is 0. The van der Waals surface area contributed by atoms with Crippen LogP contribution in [0.4, 0.5) is 0 Å². The molecule has 4 heteroatoms. The van der Waals surface area contributed by atoms with Crippen LogP contribution in [0.2, 0.25) is 0 Å². The van der Waals surface area contributed by atoms with Gasteiger partial charge in [0.15, 0.2) is 5.78 Å². The third kappa shape index (κ3) is 2.93. The lowest BCUT2D eigenvalue weighted by molar-refractivity contribution is -0.161. The first-order valence-electron chi connectivity index (χ1n) is 7.80. The number of methoxy groups -OCH3 is 1. The molecule has 1 aromatic carbocycles. The zero-order valence-electron chi connectivity index (χ0n) is 13.5. The van der Waals surface area contributed by atoms with Gasteiger partial charge in [-0.3, -0.25) is 9.59 Å². The third-order valence-corrected chi connectivity index (χ3v) is 4.76. The molecule has 0 saturated heterocycles. The topological polar surface area (TPSA) is 63.6 Å². The fourth-order valence-electron chi connectivity index (χ4n) is 3.46. The lowest BCUT2D eigenvalue weighted by Crippen LogP contribution is -2.48. The van der Waals surface area contributed by atoms with Crippen LogP contribution in [0.3, 0.4) is 0 Å². The molecular weight excluding hydrogens is 280 g/mol. The van der Waals surface area contributed by atoms with Crippen LogP contribution in [-0.2, 0) is 9.53 Å². The zero-order chi connectivity index (χ0) is 16.3. The monoisotopic (exact) mass is 304 g/mol. The van der Waals surface area contributed by atoms with Gasteiger partial charge in [0.25, 0.3) is 0 Å². The summed E-state index contributed by atoms with van der Waals surface area (Å²) in [6.07, 6.45) is 2.32. The zero-order valence-corrected chi connectivity index (χ0v) is 13.5. The number of aryl methyl sites for hydroxylation is 2. The molecule has 0 heterocycles. The predicted molar refractivity (Wildman–Crippen MR) is 83.8 cm³/mol. The van der Waals surface area contributed by atoms with Crippen molar-refractivity contribution >= 4 is 11.8 Å². The van der Waals surface area contributed by atoms with Gasteiger partial charge in [0, 0.05) is 5.56 Å². The van der Waals surface area contributed by atoms with Gasteiger partial charge in [0.1, 0.15) is 11.5 Å². The number of hydrogen-bond acceptors (Lipinski definition) is 4. The highest BCUT2D eigenvalue weighted by Gasteiger charge is 2.50. The summed E-state index contributed by atoms with van der Waals surface area (Å²) in [5.41, 5.74) is 1.26. The Bertz CT molecular complexity index is 570. The smallest absolute Gasteiger partial charge is 0.314 e. The van der Waals surface area contributed by atoms with Gasteiger partial charge in [-0.25, -0.2) is 0 Å². The van der Waals surface area contributed by atoms with Crippen LogP contribution in [0.5, 0.6) is 0 Å². The van der Waals surface area contributed by atoms with E-state index in [-0.39, 0.29) is 5.78 Å². The van der Waals surface area contributed by atoms with Crippen LogP contribution >= 0.6 is 0 Å². The Morgan fingerprint density at radius 2 is 1.82 bits per heavy atom. The highest BCUT2D eigenvalue weighted by atomic mass is 16.5. The van der Waals surface area contributed by atoms with E-state index in [9.17, 15) is 14.7 Å². The molecule has 1 atom stereocenters. The number of hydrogen-bond donors (Lipinski definition) is 1. The third-order valence-electron chi connectivity index (χ3n) is 4.76. The molecule has 0 aliphatic heterocycles. The largest absolute Gasteiger partial charge is 0.469 e. The molecular formula is C18H24O4. The first kappa shape index (κ1) is 16.7. The highest BCUT2D eigenvalue weighted by molar-refractivity contribution is 6.03. The van der Waals surface area contributed by atoms with Crippen molar-refractivity contribution in [2.45, 2.75) is 52.1 Å². The molecule has 0 amide bonds. The van der Waals surface area contributed by atoms with Crippen molar-refractivity contribution in [3.8, 4) is 0 Å². The van der Waals surface area contributed by atoms with Gasteiger partial charge in [0.05, 0.1) is 7.11 Å². The highest BCUT2D eigenvalue weighted by Crippen LogP contribution is 2.41. The van der Waals surface area contributed by atoms with E-state index in [1.54, 1.807) is 6.07 Å². The number of aliphatic hydroxyl groups excluding tert-OH is 1. The summed E-state index contributed by atoms with van der Waals surface area (Å²) in [7, 11) is 1.31. The molecule has 2 rings (SSSR count). The van der Waals surface area contributed by atoms with Crippen LogP contribution < -0.4 is 0 Å². The van der Waals surface area contributed by atoms with E-state index in [1.807, 2.05) is 26.0 Å². The van der Waals surface area contributed by atoms with Gasteiger partial charge < -0.3 is 9.84 Å². The number of ketones is 1. The number of Topliss-reactive ketones (excluding diaryl/α,β-unsaturated/α-hetero) is 1. The second-order valence-electron chi connectivity index (χ2n) is 6.29. The van der Waals surface area contributed by atoms with E-state index in [0.717, 1.165) is 30.4 Å². The van der Waals surface area contributed by atoms with Gasteiger partial charge in [-0.15, -0.1) is 0 Å². The summed E-state index contributed by atoms with van der Waals surface area (Å²) in [5, 5.41) is 10.7. The van der Waals surface area contributed by atoms with Crippen LogP contribution in [0, 0.1) is 19.3 Å². The normalized spacial score (nSPS) is 18.5. The molecule has 0 spiro atoms. The number of carbonyl (C=O) groups excluding carboxylic acids is 2. The molecule has 1 aliphatic carbocycles. The van der Waals surface area contributed by atoms with E-state index in [4.69, 9.17) is 4.74 Å². The Balaban J connectivity index is 2.35. The molecule has 0 unspecified atom stereocenters. The lowest BCUT2D eigenvalue weighted by Gasteiger charge is -2.37. The van der Waals surface area contributed by atoms with Crippen molar-refractivity contribution in [2.75, 3.05) is 7.11 Å². The summed E-state index contributed by atoms with van der Waals surface area (Å²) in [6.45, 7) is 3.80. The molecule has 1 aromatic rings. The Morgan fingerprint density at radius 3 is 2.36 bits per heavy atom. The Hall–Kier alpha value is -1.68. The first-order valence-corrected chi connectivity index (χ1v) is 7.80. The van der Waals surface area contributed by atoms with E-state index in [1.165, 1.54) is 7.11 Å². The maximum Gasteiger partial charge on any atom is 0.314 e. The number of carbonyl (C=O) groups is 2. The van der Waals surface area contributed by atoms with Crippen LogP contribution in [0.1, 0.15) is 53.6 Å². The summed E-state index contributed by atoms with van der Waals surface area (Å²) in [6, 6.07) is 5.48. The van der Waals surface area contributed by atoms with E-state index in [0.29, 0.717) is 18.4 Å². The summed E-state index contributed by atoms with van der Waals surface area (Å²) in [4.78, 5) is 25.0. The number of benzene rings is 1. The van der Waals surface area contributed by atoms with Crippen molar-refractivity contribution in [2.24, 2.45) is 5.41 Å². The maximum atomic E-state index is 12.7. The number of rotatable bonds is 4. The fourth-order valence-corrected chi connectivity index (χ4v) is 3.46. The number of aliphatic hydroxyl groups is 1. The Morgan fingerprint density at radius 1 is 1.18 bits per heavy atom. The van der Waals surface area contributed by atoms with Crippen molar-refractivity contribution < 1.29 is 19.4 Å². The molecule has 1 N–H and O–H groups in total. The Labute approximate surface area is 131 Å². The standard InChI is InChI=1S/C18H24O4/c1-12-7-8-14(13(2)11-12)15(19)16(20)18(17(21)22-3)9-5-4-6-10-18/h7-8,11,16,20H,4-6,9-10H2,1-3H3/t16-/m0/s1. The van der Waals surface area contributed by atoms with Crippen molar-refractivity contribution in [3.05, 3.63) is 34.9 Å². The van der Waals surface area contributed by atoms with E-state index < -0.39 is 17.5 Å². The van der Waals surface area contributed by atoms with Crippen LogP contribution in [-0.4, -0.2) is 30.1 Å². The van der Waals surface area contributed by atoms with Gasteiger partial charge in [-0.05, 0) is 32.3 Å². The molecule has 1 fully saturated rings. The first-order chi connectivity index (χ1) is 10.4. The fraction of sp³-hybridized carbons (Fsp3) is 0.556. The van der Waals surface area contributed by atoms with E-state index >= 15 is 0 Å². The second kappa shape index (κ2) is 6.61. The summed E-state index contributed by atoms with van der Waals surface area (Å²) < 4.78 is 4.90. The van der Waals surface area contributed by atoms with Crippen LogP contribution in [0.15, 0.2) is 18.2 Å².